The third kappa shape index (κ3) is 13.8. The minimum atomic E-state index is -1.94. The smallest absolute Gasteiger partial charge is 0.347 e. The monoisotopic (exact) mass is 949 g/mol. The number of anilines is 2. The minimum absolute atomic E-state index is 0.0330. The van der Waals surface area contributed by atoms with Crippen molar-refractivity contribution in [1.29, 1.82) is 0 Å². The number of hydrogen-bond acceptors (Lipinski definition) is 12. The van der Waals surface area contributed by atoms with Crippen LogP contribution in [-0.4, -0.2) is 76.6 Å². The summed E-state index contributed by atoms with van der Waals surface area (Å²) in [6, 6.07) is 5.68. The molecule has 3 atom stereocenters. The Hall–Kier alpha value is -4.96. The van der Waals surface area contributed by atoms with E-state index in [1.165, 1.54) is 88.8 Å². The van der Waals surface area contributed by atoms with Gasteiger partial charge < -0.3 is 29.6 Å². The van der Waals surface area contributed by atoms with Crippen LogP contribution in [-0.2, 0) is 38.1 Å². The lowest BCUT2D eigenvalue weighted by atomic mass is 10.1. The molecule has 0 aliphatic rings. The first-order chi connectivity index (χ1) is 30.0. The number of halogens is 4. The average molecular weight is 952 g/mol. The Balaban J connectivity index is 1.51. The van der Waals surface area contributed by atoms with Gasteiger partial charge in [-0.3, -0.25) is 9.59 Å². The van der Waals surface area contributed by atoms with Crippen LogP contribution in [0.5, 0.6) is 0 Å². The van der Waals surface area contributed by atoms with E-state index in [9.17, 15) is 28.8 Å². The standard InChI is InChI=1S/C44H51Cl4N5O10/c1-7-8-9-10-11-12-13-14-15-16-21-61-42(57)27(5)63-44(59)29-18-20-31(46)33(23-29)50-40(55)38(53-51-36-34(47)24(2)25(3)35(48)37(36)52-53)39(54)49-32-22-28(17-19-30(32)45)43(58)62-26(4)41(56)60-6/h17-20,22-23,26-27,38H,7-16,21H2,1-6H3,(H,49,54)(H,50,55). The van der Waals surface area contributed by atoms with Crippen LogP contribution in [0.1, 0.15) is 123 Å². The zero-order valence-electron chi connectivity index (χ0n) is 35.9. The Morgan fingerprint density at radius 2 is 1.05 bits per heavy atom. The molecule has 2 N–H and O–H groups in total. The van der Waals surface area contributed by atoms with Crippen LogP contribution in [0.15, 0.2) is 36.4 Å². The number of amides is 2. The van der Waals surface area contributed by atoms with Crippen molar-refractivity contribution in [3.8, 4) is 0 Å². The molecule has 1 aromatic heterocycles. The molecule has 0 bridgehead atoms. The SMILES string of the molecule is CCCCCCCCCCCCOC(=O)C(C)OC(=O)c1ccc(Cl)c(NC(=O)C(C(=O)Nc2cc(C(=O)OC(C)C(=O)OC)ccc2Cl)n2nc3c(Cl)c(C)c(C)c(Cl)c3n2)c1. The second-order valence-corrected chi connectivity index (χ2v) is 16.4. The molecule has 0 spiro atoms. The number of methoxy groups -OCH3 is 1. The summed E-state index contributed by atoms with van der Waals surface area (Å²) in [6.45, 7) is 8.53. The molecular formula is C44H51Cl4N5O10. The van der Waals surface area contributed by atoms with Gasteiger partial charge in [-0.1, -0.05) is 111 Å². The molecule has 19 heteroatoms. The van der Waals surface area contributed by atoms with Gasteiger partial charge in [0.05, 0.1) is 56.3 Å². The first-order valence-corrected chi connectivity index (χ1v) is 22.1. The number of rotatable bonds is 22. The normalized spacial score (nSPS) is 12.5. The number of fused-ring (bicyclic) bond motifs is 1. The lowest BCUT2D eigenvalue weighted by Gasteiger charge is -2.18. The zero-order valence-corrected chi connectivity index (χ0v) is 38.9. The van der Waals surface area contributed by atoms with Crippen molar-refractivity contribution in [2.75, 3.05) is 24.4 Å². The van der Waals surface area contributed by atoms with E-state index >= 15 is 0 Å². The topological polar surface area (TPSA) is 194 Å². The third-order valence-corrected chi connectivity index (χ3v) is 11.7. The maximum Gasteiger partial charge on any atom is 0.347 e. The molecule has 0 saturated heterocycles. The zero-order chi connectivity index (χ0) is 46.4. The Morgan fingerprint density at radius 1 is 0.635 bits per heavy atom. The van der Waals surface area contributed by atoms with Crippen LogP contribution in [0.4, 0.5) is 11.4 Å². The summed E-state index contributed by atoms with van der Waals surface area (Å²) in [5.74, 6) is -5.46. The molecule has 0 fully saturated rings. The van der Waals surface area contributed by atoms with Crippen molar-refractivity contribution in [2.45, 2.75) is 117 Å². The van der Waals surface area contributed by atoms with Crippen LogP contribution in [0.2, 0.25) is 20.1 Å². The Morgan fingerprint density at radius 3 is 1.48 bits per heavy atom. The van der Waals surface area contributed by atoms with E-state index in [4.69, 9.17) is 60.6 Å². The van der Waals surface area contributed by atoms with Gasteiger partial charge in [0.25, 0.3) is 11.8 Å². The summed E-state index contributed by atoms with van der Waals surface area (Å²) in [7, 11) is 1.14. The molecule has 0 saturated carbocycles. The Bertz CT molecular complexity index is 2280. The summed E-state index contributed by atoms with van der Waals surface area (Å²) < 4.78 is 20.5. The van der Waals surface area contributed by atoms with Gasteiger partial charge in [-0.25, -0.2) is 19.2 Å². The van der Waals surface area contributed by atoms with Gasteiger partial charge in [0.15, 0.2) is 12.2 Å². The highest BCUT2D eigenvalue weighted by Crippen LogP contribution is 2.35. The number of aromatic nitrogens is 3. The Kier molecular flexibility index (Phi) is 19.5. The predicted octanol–water partition coefficient (Wildman–Crippen LogP) is 10.2. The fourth-order valence-electron chi connectivity index (χ4n) is 6.24. The molecule has 0 aliphatic heterocycles. The van der Waals surface area contributed by atoms with E-state index in [2.05, 4.69) is 32.5 Å². The highest BCUT2D eigenvalue weighted by atomic mass is 35.5. The summed E-state index contributed by atoms with van der Waals surface area (Å²) in [5.41, 5.74) is 0.936. The lowest BCUT2D eigenvalue weighted by molar-refractivity contribution is -0.153. The number of nitrogens with one attached hydrogen (secondary N) is 2. The van der Waals surface area contributed by atoms with Gasteiger partial charge >= 0.3 is 23.9 Å². The first-order valence-electron chi connectivity index (χ1n) is 20.6. The summed E-state index contributed by atoms with van der Waals surface area (Å²) in [4.78, 5) is 79.7. The van der Waals surface area contributed by atoms with Gasteiger partial charge in [-0.15, -0.1) is 0 Å². The van der Waals surface area contributed by atoms with E-state index < -0.39 is 53.9 Å². The number of nitrogens with zero attached hydrogens (tertiary/aromatic N) is 3. The van der Waals surface area contributed by atoms with Crippen molar-refractivity contribution in [3.63, 3.8) is 0 Å². The van der Waals surface area contributed by atoms with Crippen molar-refractivity contribution >= 4 is 105 Å². The first kappa shape index (κ1) is 50.7. The van der Waals surface area contributed by atoms with Crippen molar-refractivity contribution in [2.24, 2.45) is 0 Å². The second kappa shape index (κ2) is 24.2. The number of benzene rings is 3. The molecule has 3 unspecified atom stereocenters. The van der Waals surface area contributed by atoms with Crippen molar-refractivity contribution in [3.05, 3.63) is 78.7 Å². The molecule has 3 aromatic carbocycles. The molecule has 0 radical (unpaired) electrons. The Labute approximate surface area is 385 Å². The number of carbonyl (C=O) groups excluding carboxylic acids is 6. The van der Waals surface area contributed by atoms with Crippen LogP contribution < -0.4 is 10.6 Å². The van der Waals surface area contributed by atoms with E-state index in [-0.39, 0.29) is 60.2 Å². The van der Waals surface area contributed by atoms with Gasteiger partial charge in [-0.2, -0.15) is 15.0 Å². The van der Waals surface area contributed by atoms with Crippen LogP contribution >= 0.6 is 46.4 Å². The predicted molar refractivity (Wildman–Crippen MR) is 241 cm³/mol. The molecular weight excluding hydrogens is 900 g/mol. The third-order valence-electron chi connectivity index (χ3n) is 10.1. The van der Waals surface area contributed by atoms with Gasteiger partial charge in [0.2, 0.25) is 6.04 Å². The molecule has 1 heterocycles. The maximum absolute atomic E-state index is 14.2. The largest absolute Gasteiger partial charge is 0.466 e. The molecule has 4 aromatic rings. The second-order valence-electron chi connectivity index (χ2n) is 14.8. The highest BCUT2D eigenvalue weighted by Gasteiger charge is 2.34. The molecule has 15 nitrogen and oxygen atoms in total. The van der Waals surface area contributed by atoms with E-state index in [0.29, 0.717) is 17.5 Å². The van der Waals surface area contributed by atoms with Gasteiger partial charge in [-0.05, 0) is 81.6 Å². The molecule has 0 aliphatic carbocycles. The number of ether oxygens (including phenoxy) is 4. The summed E-state index contributed by atoms with van der Waals surface area (Å²) in [5, 5.41) is 14.1. The maximum atomic E-state index is 14.2. The van der Waals surface area contributed by atoms with E-state index in [0.717, 1.165) is 31.2 Å². The quantitative estimate of drug-likeness (QED) is 0.0328. The summed E-state index contributed by atoms with van der Waals surface area (Å²) >= 11 is 26.1. The number of carbonyl (C=O) groups is 6. The number of hydrogen-bond donors (Lipinski definition) is 2. The van der Waals surface area contributed by atoms with E-state index in [1.807, 2.05) is 0 Å². The molecule has 4 rings (SSSR count). The average Bonchev–Trinajstić information content (AvgIpc) is 3.70. The van der Waals surface area contributed by atoms with Crippen LogP contribution in [0, 0.1) is 13.8 Å². The van der Waals surface area contributed by atoms with Gasteiger partial charge in [0.1, 0.15) is 11.0 Å². The van der Waals surface area contributed by atoms with Gasteiger partial charge in [0, 0.05) is 0 Å². The fraction of sp³-hybridized carbons (Fsp3) is 0.455. The summed E-state index contributed by atoms with van der Waals surface area (Å²) in [6.07, 6.45) is 8.78. The number of esters is 4. The lowest BCUT2D eigenvalue weighted by Crippen LogP contribution is -2.37. The van der Waals surface area contributed by atoms with E-state index in [1.54, 1.807) is 13.8 Å². The van der Waals surface area contributed by atoms with Crippen molar-refractivity contribution in [1.82, 2.24) is 15.0 Å². The molecule has 63 heavy (non-hydrogen) atoms. The molecule has 340 valence electrons. The fourth-order valence-corrected chi connectivity index (χ4v) is 7.11. The van der Waals surface area contributed by atoms with Crippen molar-refractivity contribution < 1.29 is 47.7 Å². The highest BCUT2D eigenvalue weighted by molar-refractivity contribution is 6.40. The van der Waals surface area contributed by atoms with Crippen LogP contribution in [0.3, 0.4) is 0 Å². The number of unbranched alkanes of at least 4 members (excludes halogenated alkanes) is 9. The van der Waals surface area contributed by atoms with Crippen LogP contribution in [0.25, 0.3) is 11.0 Å². The molecule has 2 amide bonds. The minimum Gasteiger partial charge on any atom is -0.466 e.